The number of piperidine rings is 1. The van der Waals surface area contributed by atoms with E-state index in [-0.39, 0.29) is 5.78 Å². The Bertz CT molecular complexity index is 411. The summed E-state index contributed by atoms with van der Waals surface area (Å²) < 4.78 is 0. The molecule has 1 N–H and O–H groups in total. The third-order valence-electron chi connectivity index (χ3n) is 3.60. The van der Waals surface area contributed by atoms with Crippen LogP contribution in [0.1, 0.15) is 36.5 Å². The minimum absolute atomic E-state index is 0.126. The SMILES string of the molecule is CC(=O)c1cccc(N(C)CC2CCCCN2)c1. The molecule has 2 rings (SSSR count). The molecule has 1 atom stereocenters. The van der Waals surface area contributed by atoms with Gasteiger partial charge in [-0.05, 0) is 38.4 Å². The minimum atomic E-state index is 0.126. The Morgan fingerprint density at radius 2 is 2.28 bits per heavy atom. The molecule has 18 heavy (non-hydrogen) atoms. The van der Waals surface area contributed by atoms with Crippen LogP contribution >= 0.6 is 0 Å². The topological polar surface area (TPSA) is 32.3 Å². The average molecular weight is 246 g/mol. The van der Waals surface area contributed by atoms with Gasteiger partial charge in [-0.25, -0.2) is 0 Å². The van der Waals surface area contributed by atoms with E-state index in [0.717, 1.165) is 24.3 Å². The van der Waals surface area contributed by atoms with E-state index < -0.39 is 0 Å². The lowest BCUT2D eigenvalue weighted by molar-refractivity contribution is 0.101. The molecule has 0 amide bonds. The number of rotatable bonds is 4. The van der Waals surface area contributed by atoms with Gasteiger partial charge in [0.1, 0.15) is 0 Å². The minimum Gasteiger partial charge on any atom is -0.373 e. The largest absolute Gasteiger partial charge is 0.373 e. The van der Waals surface area contributed by atoms with Crippen LogP contribution in [0.4, 0.5) is 5.69 Å². The van der Waals surface area contributed by atoms with Gasteiger partial charge in [-0.3, -0.25) is 4.79 Å². The third-order valence-corrected chi connectivity index (χ3v) is 3.60. The van der Waals surface area contributed by atoms with Crippen molar-refractivity contribution in [1.82, 2.24) is 5.32 Å². The summed E-state index contributed by atoms with van der Waals surface area (Å²) in [7, 11) is 2.09. The number of likely N-dealkylation sites (N-methyl/N-ethyl adjacent to an activating group) is 1. The van der Waals surface area contributed by atoms with Gasteiger partial charge in [-0.2, -0.15) is 0 Å². The summed E-state index contributed by atoms with van der Waals surface area (Å²) in [5, 5.41) is 3.55. The first kappa shape index (κ1) is 13.1. The predicted molar refractivity (Wildman–Crippen MR) is 75.4 cm³/mol. The maximum Gasteiger partial charge on any atom is 0.159 e. The van der Waals surface area contributed by atoms with Gasteiger partial charge in [-0.15, -0.1) is 0 Å². The highest BCUT2D eigenvalue weighted by atomic mass is 16.1. The predicted octanol–water partition coefficient (Wildman–Crippen LogP) is 2.47. The molecule has 1 unspecified atom stereocenters. The van der Waals surface area contributed by atoms with Crippen molar-refractivity contribution in [2.45, 2.75) is 32.2 Å². The molecule has 1 aliphatic rings. The molecule has 1 fully saturated rings. The van der Waals surface area contributed by atoms with Gasteiger partial charge in [-0.1, -0.05) is 18.6 Å². The third kappa shape index (κ3) is 3.33. The normalized spacial score (nSPS) is 19.6. The highest BCUT2D eigenvalue weighted by Gasteiger charge is 2.15. The van der Waals surface area contributed by atoms with E-state index in [1.54, 1.807) is 6.92 Å². The quantitative estimate of drug-likeness (QED) is 0.828. The van der Waals surface area contributed by atoms with Gasteiger partial charge in [0, 0.05) is 30.9 Å². The van der Waals surface area contributed by atoms with E-state index in [1.807, 2.05) is 18.2 Å². The Hall–Kier alpha value is -1.35. The molecule has 1 heterocycles. The molecule has 0 radical (unpaired) electrons. The van der Waals surface area contributed by atoms with Gasteiger partial charge in [0.2, 0.25) is 0 Å². The number of carbonyl (C=O) groups is 1. The number of anilines is 1. The number of hydrogen-bond donors (Lipinski definition) is 1. The summed E-state index contributed by atoms with van der Waals surface area (Å²) in [6.07, 6.45) is 3.86. The molecular weight excluding hydrogens is 224 g/mol. The number of benzene rings is 1. The second-order valence-electron chi connectivity index (χ2n) is 5.13. The average Bonchev–Trinajstić information content (AvgIpc) is 2.40. The van der Waals surface area contributed by atoms with E-state index in [1.165, 1.54) is 19.3 Å². The number of carbonyl (C=O) groups excluding carboxylic acids is 1. The summed E-state index contributed by atoms with van der Waals surface area (Å²) in [4.78, 5) is 13.6. The maximum absolute atomic E-state index is 11.4. The van der Waals surface area contributed by atoms with Crippen molar-refractivity contribution in [3.8, 4) is 0 Å². The standard InChI is InChI=1S/C15H22N2O/c1-12(18)13-6-5-8-15(10-13)17(2)11-14-7-3-4-9-16-14/h5-6,8,10,14,16H,3-4,7,9,11H2,1-2H3. The van der Waals surface area contributed by atoms with E-state index in [4.69, 9.17) is 0 Å². The molecule has 3 nitrogen and oxygen atoms in total. The van der Waals surface area contributed by atoms with E-state index in [2.05, 4.69) is 23.3 Å². The van der Waals surface area contributed by atoms with Gasteiger partial charge in [0.15, 0.2) is 5.78 Å². The zero-order chi connectivity index (χ0) is 13.0. The van der Waals surface area contributed by atoms with Crippen molar-refractivity contribution >= 4 is 11.5 Å². The van der Waals surface area contributed by atoms with Crippen LogP contribution in [0.2, 0.25) is 0 Å². The number of nitrogens with zero attached hydrogens (tertiary/aromatic N) is 1. The zero-order valence-electron chi connectivity index (χ0n) is 11.3. The van der Waals surface area contributed by atoms with Crippen molar-refractivity contribution in [3.63, 3.8) is 0 Å². The Balaban J connectivity index is 2.01. The van der Waals surface area contributed by atoms with Crippen molar-refractivity contribution in [2.24, 2.45) is 0 Å². The number of nitrogens with one attached hydrogen (secondary N) is 1. The highest BCUT2D eigenvalue weighted by Crippen LogP contribution is 2.17. The van der Waals surface area contributed by atoms with E-state index in [9.17, 15) is 4.79 Å². The molecule has 0 saturated carbocycles. The molecular formula is C15H22N2O. The first-order valence-corrected chi connectivity index (χ1v) is 6.72. The molecule has 0 spiro atoms. The fourth-order valence-electron chi connectivity index (χ4n) is 2.48. The zero-order valence-corrected chi connectivity index (χ0v) is 11.3. The summed E-state index contributed by atoms with van der Waals surface area (Å²) in [5.41, 5.74) is 1.91. The highest BCUT2D eigenvalue weighted by molar-refractivity contribution is 5.94. The molecule has 0 aromatic heterocycles. The van der Waals surface area contributed by atoms with Crippen molar-refractivity contribution in [3.05, 3.63) is 29.8 Å². The molecule has 0 aliphatic carbocycles. The van der Waals surface area contributed by atoms with Crippen LogP contribution in [0.15, 0.2) is 24.3 Å². The first-order chi connectivity index (χ1) is 8.66. The first-order valence-electron chi connectivity index (χ1n) is 6.72. The van der Waals surface area contributed by atoms with Crippen LogP contribution in [0.5, 0.6) is 0 Å². The van der Waals surface area contributed by atoms with Crippen LogP contribution in [0.25, 0.3) is 0 Å². The van der Waals surface area contributed by atoms with Gasteiger partial charge < -0.3 is 10.2 Å². The van der Waals surface area contributed by atoms with Crippen LogP contribution in [-0.2, 0) is 0 Å². The Labute approximate surface area is 109 Å². The summed E-state index contributed by atoms with van der Waals surface area (Å²) in [5.74, 6) is 0.126. The number of ketones is 1. The second kappa shape index (κ2) is 6.01. The van der Waals surface area contributed by atoms with Crippen molar-refractivity contribution in [1.29, 1.82) is 0 Å². The molecule has 1 saturated heterocycles. The Morgan fingerprint density at radius 1 is 1.44 bits per heavy atom. The van der Waals surface area contributed by atoms with Crippen molar-refractivity contribution in [2.75, 3.05) is 25.0 Å². The summed E-state index contributed by atoms with van der Waals surface area (Å²) >= 11 is 0. The van der Waals surface area contributed by atoms with E-state index in [0.29, 0.717) is 6.04 Å². The fourth-order valence-corrected chi connectivity index (χ4v) is 2.48. The molecule has 3 heteroatoms. The molecule has 1 aliphatic heterocycles. The summed E-state index contributed by atoms with van der Waals surface area (Å²) in [6, 6.07) is 8.44. The van der Waals surface area contributed by atoms with Crippen LogP contribution in [-0.4, -0.2) is 32.0 Å². The monoisotopic (exact) mass is 246 g/mol. The van der Waals surface area contributed by atoms with Gasteiger partial charge in [0.25, 0.3) is 0 Å². The fraction of sp³-hybridized carbons (Fsp3) is 0.533. The lowest BCUT2D eigenvalue weighted by atomic mass is 10.0. The van der Waals surface area contributed by atoms with Crippen LogP contribution in [0.3, 0.4) is 0 Å². The molecule has 1 aromatic rings. The van der Waals surface area contributed by atoms with Gasteiger partial charge in [0.05, 0.1) is 0 Å². The lowest BCUT2D eigenvalue weighted by Crippen LogP contribution is -2.42. The van der Waals surface area contributed by atoms with Crippen LogP contribution < -0.4 is 10.2 Å². The molecule has 1 aromatic carbocycles. The number of Topliss-reactive ketones (excluding diaryl/α,β-unsaturated/α-hetero) is 1. The Kier molecular flexibility index (Phi) is 4.37. The molecule has 98 valence electrons. The molecule has 0 bridgehead atoms. The van der Waals surface area contributed by atoms with E-state index >= 15 is 0 Å². The number of hydrogen-bond acceptors (Lipinski definition) is 3. The smallest absolute Gasteiger partial charge is 0.159 e. The second-order valence-corrected chi connectivity index (χ2v) is 5.13. The summed E-state index contributed by atoms with van der Waals surface area (Å²) in [6.45, 7) is 3.75. The maximum atomic E-state index is 11.4. The van der Waals surface area contributed by atoms with Crippen molar-refractivity contribution < 1.29 is 4.79 Å². The van der Waals surface area contributed by atoms with Crippen LogP contribution in [0, 0.1) is 0 Å². The Morgan fingerprint density at radius 3 is 2.94 bits per heavy atom. The van der Waals surface area contributed by atoms with Gasteiger partial charge >= 0.3 is 0 Å². The lowest BCUT2D eigenvalue weighted by Gasteiger charge is -2.29.